The van der Waals surface area contributed by atoms with Gasteiger partial charge in [0.15, 0.2) is 0 Å². The van der Waals surface area contributed by atoms with Crippen LogP contribution < -0.4 is 5.32 Å². The lowest BCUT2D eigenvalue weighted by atomic mass is 10.2. The summed E-state index contributed by atoms with van der Waals surface area (Å²) in [7, 11) is 0. The summed E-state index contributed by atoms with van der Waals surface area (Å²) in [4.78, 5) is 4.39. The van der Waals surface area contributed by atoms with Gasteiger partial charge in [-0.25, -0.2) is 9.37 Å². The van der Waals surface area contributed by atoms with Crippen LogP contribution in [0.25, 0.3) is 0 Å². The molecule has 1 aliphatic carbocycles. The molecule has 0 atom stereocenters. The zero-order valence-corrected chi connectivity index (χ0v) is 13.0. The summed E-state index contributed by atoms with van der Waals surface area (Å²) >= 11 is 3.23. The quantitative estimate of drug-likeness (QED) is 0.858. The van der Waals surface area contributed by atoms with E-state index in [1.165, 1.54) is 31.7 Å². The maximum atomic E-state index is 13.5. The Hall–Kier alpha value is -1.36. The number of hydrogen-bond acceptors (Lipinski definition) is 2. The second kappa shape index (κ2) is 5.56. The Labute approximate surface area is 126 Å². The maximum absolute atomic E-state index is 13.5. The average Bonchev–Trinajstić information content (AvgIpc) is 3.06. The molecule has 5 heteroatoms. The summed E-state index contributed by atoms with van der Waals surface area (Å²) in [5.74, 6) is 0.589. The van der Waals surface area contributed by atoms with Gasteiger partial charge in [0.1, 0.15) is 5.82 Å². The molecule has 0 radical (unpaired) electrons. The normalized spacial score (nSPS) is 15.8. The Balaban J connectivity index is 1.88. The molecule has 0 bridgehead atoms. The minimum Gasteiger partial charge on any atom is -0.325 e. The standard InChI is InChI=1S/C15H17BrFN3/c1-10-8-13(17)12(16)9-14(10)19-15-18-6-7-20(15)11-4-2-3-5-11/h6-9,11H,2-5H2,1H3,(H,18,19). The lowest BCUT2D eigenvalue weighted by Crippen LogP contribution is -2.08. The van der Waals surface area contributed by atoms with E-state index in [2.05, 4.69) is 30.8 Å². The van der Waals surface area contributed by atoms with Crippen molar-refractivity contribution in [2.75, 3.05) is 5.32 Å². The molecule has 20 heavy (non-hydrogen) atoms. The van der Waals surface area contributed by atoms with Crippen LogP contribution >= 0.6 is 15.9 Å². The van der Waals surface area contributed by atoms with Gasteiger partial charge in [-0.3, -0.25) is 0 Å². The molecule has 0 spiro atoms. The summed E-state index contributed by atoms with van der Waals surface area (Å²) < 4.78 is 16.1. The van der Waals surface area contributed by atoms with E-state index in [-0.39, 0.29) is 5.82 Å². The van der Waals surface area contributed by atoms with Crippen molar-refractivity contribution in [3.05, 3.63) is 40.4 Å². The molecule has 0 amide bonds. The van der Waals surface area contributed by atoms with Crippen LogP contribution in [0.4, 0.5) is 16.0 Å². The first kappa shape index (κ1) is 13.6. The van der Waals surface area contributed by atoms with E-state index in [1.807, 2.05) is 19.3 Å². The second-order valence-corrected chi connectivity index (χ2v) is 6.16. The second-order valence-electron chi connectivity index (χ2n) is 5.30. The van der Waals surface area contributed by atoms with E-state index in [0.29, 0.717) is 10.5 Å². The van der Waals surface area contributed by atoms with Gasteiger partial charge in [-0.2, -0.15) is 0 Å². The van der Waals surface area contributed by atoms with Gasteiger partial charge in [0.2, 0.25) is 5.95 Å². The van der Waals surface area contributed by atoms with Crippen molar-refractivity contribution >= 4 is 27.6 Å². The molecule has 1 aromatic heterocycles. The average molecular weight is 338 g/mol. The van der Waals surface area contributed by atoms with Crippen LogP contribution in [0.2, 0.25) is 0 Å². The van der Waals surface area contributed by atoms with Crippen molar-refractivity contribution in [3.8, 4) is 0 Å². The highest BCUT2D eigenvalue weighted by molar-refractivity contribution is 9.10. The Kier molecular flexibility index (Phi) is 3.78. The molecule has 1 N–H and O–H groups in total. The Morgan fingerprint density at radius 1 is 1.35 bits per heavy atom. The van der Waals surface area contributed by atoms with Crippen LogP contribution in [0, 0.1) is 12.7 Å². The van der Waals surface area contributed by atoms with Crippen molar-refractivity contribution in [3.63, 3.8) is 0 Å². The molecule has 1 fully saturated rings. The van der Waals surface area contributed by atoms with Crippen molar-refractivity contribution < 1.29 is 4.39 Å². The zero-order chi connectivity index (χ0) is 14.1. The van der Waals surface area contributed by atoms with Gasteiger partial charge in [0.25, 0.3) is 0 Å². The van der Waals surface area contributed by atoms with Crippen molar-refractivity contribution in [2.45, 2.75) is 38.6 Å². The van der Waals surface area contributed by atoms with Gasteiger partial charge in [0, 0.05) is 24.1 Å². The number of nitrogens with one attached hydrogen (secondary N) is 1. The molecule has 0 saturated heterocycles. The van der Waals surface area contributed by atoms with E-state index in [9.17, 15) is 4.39 Å². The highest BCUT2D eigenvalue weighted by Crippen LogP contribution is 2.33. The Morgan fingerprint density at radius 2 is 2.10 bits per heavy atom. The molecule has 106 valence electrons. The topological polar surface area (TPSA) is 29.9 Å². The molecule has 2 aromatic rings. The number of halogens is 2. The third-order valence-electron chi connectivity index (χ3n) is 3.90. The lowest BCUT2D eigenvalue weighted by Gasteiger charge is -2.17. The first-order valence-electron chi connectivity index (χ1n) is 6.90. The summed E-state index contributed by atoms with van der Waals surface area (Å²) in [5, 5.41) is 3.32. The molecular formula is C15H17BrFN3. The molecule has 0 unspecified atom stereocenters. The van der Waals surface area contributed by atoms with Crippen LogP contribution in [-0.4, -0.2) is 9.55 Å². The smallest absolute Gasteiger partial charge is 0.207 e. The van der Waals surface area contributed by atoms with E-state index >= 15 is 0 Å². The fraction of sp³-hybridized carbons (Fsp3) is 0.400. The van der Waals surface area contributed by atoms with Gasteiger partial charge >= 0.3 is 0 Å². The van der Waals surface area contributed by atoms with Gasteiger partial charge < -0.3 is 9.88 Å². The van der Waals surface area contributed by atoms with Crippen molar-refractivity contribution in [1.29, 1.82) is 0 Å². The minimum atomic E-state index is -0.243. The van der Waals surface area contributed by atoms with E-state index in [0.717, 1.165) is 17.2 Å². The van der Waals surface area contributed by atoms with Crippen LogP contribution in [-0.2, 0) is 0 Å². The number of aryl methyl sites for hydroxylation is 1. The number of nitrogens with zero attached hydrogens (tertiary/aromatic N) is 2. The van der Waals surface area contributed by atoms with Crippen LogP contribution in [0.5, 0.6) is 0 Å². The molecule has 1 aliphatic rings. The number of rotatable bonds is 3. The molecule has 1 saturated carbocycles. The van der Waals surface area contributed by atoms with E-state index < -0.39 is 0 Å². The molecule has 1 heterocycles. The first-order valence-corrected chi connectivity index (χ1v) is 7.70. The Morgan fingerprint density at radius 3 is 2.85 bits per heavy atom. The number of benzene rings is 1. The van der Waals surface area contributed by atoms with Crippen LogP contribution in [0.3, 0.4) is 0 Å². The predicted octanol–water partition coefficient (Wildman–Crippen LogP) is 4.95. The summed E-state index contributed by atoms with van der Waals surface area (Å²) in [6, 6.07) is 3.82. The largest absolute Gasteiger partial charge is 0.325 e. The molecule has 1 aromatic carbocycles. The summed E-state index contributed by atoms with van der Waals surface area (Å²) in [6.45, 7) is 1.89. The SMILES string of the molecule is Cc1cc(F)c(Br)cc1Nc1nccn1C1CCCC1. The molecule has 0 aliphatic heterocycles. The molecule has 3 rings (SSSR count). The van der Waals surface area contributed by atoms with Crippen LogP contribution in [0.1, 0.15) is 37.3 Å². The zero-order valence-electron chi connectivity index (χ0n) is 11.4. The predicted molar refractivity (Wildman–Crippen MR) is 81.9 cm³/mol. The van der Waals surface area contributed by atoms with Gasteiger partial charge in [-0.15, -0.1) is 0 Å². The van der Waals surface area contributed by atoms with E-state index in [1.54, 1.807) is 6.07 Å². The van der Waals surface area contributed by atoms with Gasteiger partial charge in [-0.1, -0.05) is 12.8 Å². The fourth-order valence-electron chi connectivity index (χ4n) is 2.79. The number of anilines is 2. The minimum absolute atomic E-state index is 0.243. The number of imidazole rings is 1. The number of hydrogen-bond donors (Lipinski definition) is 1. The third kappa shape index (κ3) is 2.59. The van der Waals surface area contributed by atoms with Crippen molar-refractivity contribution in [1.82, 2.24) is 9.55 Å². The maximum Gasteiger partial charge on any atom is 0.207 e. The lowest BCUT2D eigenvalue weighted by molar-refractivity contribution is 0.525. The number of aromatic nitrogens is 2. The van der Waals surface area contributed by atoms with Crippen LogP contribution in [0.15, 0.2) is 29.0 Å². The first-order chi connectivity index (χ1) is 9.65. The summed E-state index contributed by atoms with van der Waals surface area (Å²) in [5.41, 5.74) is 1.75. The monoisotopic (exact) mass is 337 g/mol. The van der Waals surface area contributed by atoms with Crippen molar-refractivity contribution in [2.24, 2.45) is 0 Å². The Bertz CT molecular complexity index is 618. The van der Waals surface area contributed by atoms with E-state index in [4.69, 9.17) is 0 Å². The molecule has 3 nitrogen and oxygen atoms in total. The summed E-state index contributed by atoms with van der Waals surface area (Å²) in [6.07, 6.45) is 8.81. The van der Waals surface area contributed by atoms with Gasteiger partial charge in [-0.05, 0) is 53.4 Å². The third-order valence-corrected chi connectivity index (χ3v) is 4.51. The highest BCUT2D eigenvalue weighted by Gasteiger charge is 2.19. The fourth-order valence-corrected chi connectivity index (χ4v) is 3.13. The molecular weight excluding hydrogens is 321 g/mol. The van der Waals surface area contributed by atoms with Gasteiger partial charge in [0.05, 0.1) is 4.47 Å². The highest BCUT2D eigenvalue weighted by atomic mass is 79.9.